The summed E-state index contributed by atoms with van der Waals surface area (Å²) in [5, 5.41) is 18.6. The van der Waals surface area contributed by atoms with Gasteiger partial charge in [0.1, 0.15) is 5.84 Å². The first-order valence-corrected chi connectivity index (χ1v) is 7.92. The van der Waals surface area contributed by atoms with Gasteiger partial charge < -0.3 is 15.7 Å². The van der Waals surface area contributed by atoms with Crippen LogP contribution in [0.1, 0.15) is 43.2 Å². The van der Waals surface area contributed by atoms with Crippen molar-refractivity contribution >= 4 is 11.5 Å². The van der Waals surface area contributed by atoms with Crippen LogP contribution in [0, 0.1) is 18.3 Å². The Kier molecular flexibility index (Phi) is 3.66. The zero-order chi connectivity index (χ0) is 15.0. The molecular formula is C17H25N3O. The number of nitrogens with one attached hydrogen (secondary N) is 1. The number of anilines is 1. The molecule has 0 spiro atoms. The zero-order valence-electron chi connectivity index (χ0n) is 12.7. The Morgan fingerprint density at radius 1 is 1.38 bits per heavy atom. The summed E-state index contributed by atoms with van der Waals surface area (Å²) in [6.07, 6.45) is 5.24. The molecule has 1 saturated heterocycles. The number of amidine groups is 1. The number of benzene rings is 1. The second-order valence-electron chi connectivity index (χ2n) is 6.68. The first-order chi connectivity index (χ1) is 9.99. The molecule has 4 nitrogen and oxygen atoms in total. The van der Waals surface area contributed by atoms with Crippen molar-refractivity contribution in [1.82, 2.24) is 0 Å². The summed E-state index contributed by atoms with van der Waals surface area (Å²) >= 11 is 0. The van der Waals surface area contributed by atoms with Gasteiger partial charge in [-0.2, -0.15) is 0 Å². The van der Waals surface area contributed by atoms with Gasteiger partial charge in [-0.25, -0.2) is 0 Å². The van der Waals surface area contributed by atoms with Gasteiger partial charge in [-0.3, -0.25) is 5.41 Å². The van der Waals surface area contributed by atoms with E-state index in [0.29, 0.717) is 5.92 Å². The molecule has 1 aliphatic heterocycles. The molecule has 1 aromatic carbocycles. The molecule has 2 fully saturated rings. The number of nitrogen functional groups attached to an aromatic ring is 1. The highest BCUT2D eigenvalue weighted by atomic mass is 16.3. The van der Waals surface area contributed by atoms with Crippen LogP contribution in [-0.4, -0.2) is 29.6 Å². The summed E-state index contributed by atoms with van der Waals surface area (Å²) in [5.41, 5.74) is 8.31. The number of rotatable bonds is 2. The third kappa shape index (κ3) is 2.64. The van der Waals surface area contributed by atoms with Gasteiger partial charge in [0, 0.05) is 30.3 Å². The number of aliphatic hydroxyl groups is 1. The molecule has 4 heteroatoms. The molecule has 2 aliphatic rings. The number of hydrogen-bond donors (Lipinski definition) is 3. The Labute approximate surface area is 126 Å². The second-order valence-corrected chi connectivity index (χ2v) is 6.68. The fourth-order valence-electron chi connectivity index (χ4n) is 3.92. The fraction of sp³-hybridized carbons (Fsp3) is 0.588. The van der Waals surface area contributed by atoms with Crippen LogP contribution in [0.25, 0.3) is 0 Å². The minimum absolute atomic E-state index is 0.120. The molecule has 4 N–H and O–H groups in total. The number of fused-ring (bicyclic) bond motifs is 1. The largest absolute Gasteiger partial charge is 0.389 e. The van der Waals surface area contributed by atoms with Gasteiger partial charge in [0.15, 0.2) is 0 Å². The van der Waals surface area contributed by atoms with Gasteiger partial charge in [0.25, 0.3) is 0 Å². The van der Waals surface area contributed by atoms with E-state index in [9.17, 15) is 5.11 Å². The van der Waals surface area contributed by atoms with Crippen molar-refractivity contribution in [3.63, 3.8) is 0 Å². The standard InChI is InChI=1S/C17H25N3O/c1-12-5-6-14(16(18)19)15(10-12)20-9-8-17(21)7-3-2-4-13(17)11-20/h5-6,10,13,21H,2-4,7-9,11H2,1H3,(H3,18,19). The Balaban J connectivity index is 1.88. The molecule has 3 rings (SSSR count). The van der Waals surface area contributed by atoms with Crippen LogP contribution in [0.3, 0.4) is 0 Å². The van der Waals surface area contributed by atoms with Gasteiger partial charge in [-0.15, -0.1) is 0 Å². The van der Waals surface area contributed by atoms with Gasteiger partial charge in [-0.05, 0) is 43.9 Å². The quantitative estimate of drug-likeness (QED) is 0.577. The molecule has 1 saturated carbocycles. The van der Waals surface area contributed by atoms with Crippen LogP contribution < -0.4 is 10.6 Å². The Morgan fingerprint density at radius 2 is 2.19 bits per heavy atom. The maximum atomic E-state index is 10.8. The number of piperidine rings is 1. The number of nitrogens with zero attached hydrogens (tertiary/aromatic N) is 1. The topological polar surface area (TPSA) is 73.3 Å². The average Bonchev–Trinajstić information content (AvgIpc) is 2.45. The molecule has 114 valence electrons. The summed E-state index contributed by atoms with van der Waals surface area (Å²) in [5.74, 6) is 0.467. The van der Waals surface area contributed by atoms with Crippen molar-refractivity contribution in [3.05, 3.63) is 29.3 Å². The summed E-state index contributed by atoms with van der Waals surface area (Å²) in [7, 11) is 0. The first-order valence-electron chi connectivity index (χ1n) is 7.92. The average molecular weight is 287 g/mol. The molecule has 2 unspecified atom stereocenters. The second kappa shape index (κ2) is 5.34. The van der Waals surface area contributed by atoms with E-state index in [1.165, 1.54) is 12.0 Å². The minimum atomic E-state index is -0.463. The van der Waals surface area contributed by atoms with E-state index in [1.807, 2.05) is 12.1 Å². The Bertz CT molecular complexity index is 557. The van der Waals surface area contributed by atoms with Crippen LogP contribution in [0.15, 0.2) is 18.2 Å². The molecule has 1 aliphatic carbocycles. The highest BCUT2D eigenvalue weighted by molar-refractivity contribution is 6.00. The van der Waals surface area contributed by atoms with E-state index in [2.05, 4.69) is 17.9 Å². The lowest BCUT2D eigenvalue weighted by Crippen LogP contribution is -2.53. The SMILES string of the molecule is Cc1ccc(C(=N)N)c(N2CCC3(O)CCCCC3C2)c1. The number of aryl methyl sites for hydroxylation is 1. The maximum absolute atomic E-state index is 10.8. The monoisotopic (exact) mass is 287 g/mol. The summed E-state index contributed by atoms with van der Waals surface area (Å²) in [4.78, 5) is 2.31. The number of hydrogen-bond acceptors (Lipinski definition) is 3. The van der Waals surface area contributed by atoms with Crippen molar-refractivity contribution in [2.24, 2.45) is 11.7 Å². The highest BCUT2D eigenvalue weighted by Gasteiger charge is 2.43. The lowest BCUT2D eigenvalue weighted by Gasteiger charge is -2.48. The van der Waals surface area contributed by atoms with E-state index in [-0.39, 0.29) is 5.84 Å². The van der Waals surface area contributed by atoms with Crippen LogP contribution in [-0.2, 0) is 0 Å². The van der Waals surface area contributed by atoms with E-state index in [0.717, 1.165) is 50.0 Å². The molecule has 1 aromatic rings. The molecular weight excluding hydrogens is 262 g/mol. The normalized spacial score (nSPS) is 29.0. The zero-order valence-corrected chi connectivity index (χ0v) is 12.7. The van der Waals surface area contributed by atoms with Crippen molar-refractivity contribution < 1.29 is 5.11 Å². The third-order valence-electron chi connectivity index (χ3n) is 5.21. The molecule has 0 aromatic heterocycles. The van der Waals surface area contributed by atoms with Crippen molar-refractivity contribution in [3.8, 4) is 0 Å². The molecule has 0 bridgehead atoms. The van der Waals surface area contributed by atoms with E-state index in [1.54, 1.807) is 0 Å². The molecule has 2 atom stereocenters. The number of nitrogens with two attached hydrogens (primary N) is 1. The Hall–Kier alpha value is -1.55. The van der Waals surface area contributed by atoms with Gasteiger partial charge >= 0.3 is 0 Å². The predicted octanol–water partition coefficient (Wildman–Crippen LogP) is 2.41. The smallest absolute Gasteiger partial charge is 0.124 e. The van der Waals surface area contributed by atoms with Crippen molar-refractivity contribution in [2.45, 2.75) is 44.6 Å². The first kappa shape index (κ1) is 14.4. The highest BCUT2D eigenvalue weighted by Crippen LogP contribution is 2.41. The Morgan fingerprint density at radius 3 is 2.95 bits per heavy atom. The fourth-order valence-corrected chi connectivity index (χ4v) is 3.92. The van der Waals surface area contributed by atoms with Crippen molar-refractivity contribution in [2.75, 3.05) is 18.0 Å². The van der Waals surface area contributed by atoms with Gasteiger partial charge in [0.2, 0.25) is 0 Å². The maximum Gasteiger partial charge on any atom is 0.124 e. The van der Waals surface area contributed by atoms with Crippen LogP contribution in [0.4, 0.5) is 5.69 Å². The van der Waals surface area contributed by atoms with Crippen LogP contribution in [0.5, 0.6) is 0 Å². The van der Waals surface area contributed by atoms with Crippen LogP contribution >= 0.6 is 0 Å². The molecule has 21 heavy (non-hydrogen) atoms. The molecule has 0 amide bonds. The third-order valence-corrected chi connectivity index (χ3v) is 5.21. The lowest BCUT2D eigenvalue weighted by molar-refractivity contribution is -0.0612. The van der Waals surface area contributed by atoms with E-state index < -0.39 is 5.60 Å². The van der Waals surface area contributed by atoms with Crippen LogP contribution in [0.2, 0.25) is 0 Å². The van der Waals surface area contributed by atoms with Crippen molar-refractivity contribution in [1.29, 1.82) is 5.41 Å². The summed E-state index contributed by atoms with van der Waals surface area (Å²) in [6.45, 7) is 3.78. The summed E-state index contributed by atoms with van der Waals surface area (Å²) < 4.78 is 0. The lowest BCUT2D eigenvalue weighted by atomic mass is 9.71. The van der Waals surface area contributed by atoms with E-state index in [4.69, 9.17) is 11.1 Å². The summed E-state index contributed by atoms with van der Waals surface area (Å²) in [6, 6.07) is 6.06. The predicted molar refractivity (Wildman–Crippen MR) is 85.9 cm³/mol. The molecule has 1 heterocycles. The van der Waals surface area contributed by atoms with Gasteiger partial charge in [-0.1, -0.05) is 18.9 Å². The van der Waals surface area contributed by atoms with Gasteiger partial charge in [0.05, 0.1) is 5.60 Å². The minimum Gasteiger partial charge on any atom is -0.389 e. The molecule has 0 radical (unpaired) electrons. The van der Waals surface area contributed by atoms with E-state index >= 15 is 0 Å².